The van der Waals surface area contributed by atoms with Crippen molar-refractivity contribution in [3.05, 3.63) is 60.5 Å². The van der Waals surface area contributed by atoms with E-state index in [2.05, 4.69) is 20.1 Å². The minimum atomic E-state index is -0.203. The Morgan fingerprint density at radius 2 is 1.96 bits per heavy atom. The molecule has 0 radical (unpaired) electrons. The fourth-order valence-corrected chi connectivity index (χ4v) is 2.36. The van der Waals surface area contributed by atoms with Crippen molar-refractivity contribution in [1.29, 1.82) is 0 Å². The van der Waals surface area contributed by atoms with Crippen LogP contribution in [-0.2, 0) is 0 Å². The average Bonchev–Trinajstić information content (AvgIpc) is 3.08. The van der Waals surface area contributed by atoms with Crippen LogP contribution in [-0.4, -0.2) is 36.6 Å². The molecule has 7 heteroatoms. The van der Waals surface area contributed by atoms with Gasteiger partial charge in [-0.1, -0.05) is 0 Å². The van der Waals surface area contributed by atoms with Crippen LogP contribution in [0.15, 0.2) is 49.3 Å². The lowest BCUT2D eigenvalue weighted by Gasteiger charge is -2.11. The molecule has 0 aliphatic rings. The maximum Gasteiger partial charge on any atom is 0.190 e. The van der Waals surface area contributed by atoms with Gasteiger partial charge >= 0.3 is 0 Å². The second-order valence-electron chi connectivity index (χ2n) is 6.06. The SMILES string of the molecule is Cc1cc(OC(C)C)cc(-c2ncn(/C=C\C(=O)c3cncnc3)n2)c1. The first-order valence-electron chi connectivity index (χ1n) is 8.18. The summed E-state index contributed by atoms with van der Waals surface area (Å²) < 4.78 is 7.25. The average molecular weight is 349 g/mol. The number of aryl methyl sites for hydroxylation is 1. The fraction of sp³-hybridized carbons (Fsp3) is 0.211. The van der Waals surface area contributed by atoms with Crippen molar-refractivity contribution >= 4 is 12.0 Å². The first-order valence-corrected chi connectivity index (χ1v) is 8.18. The molecular weight excluding hydrogens is 330 g/mol. The van der Waals surface area contributed by atoms with Crippen molar-refractivity contribution in [1.82, 2.24) is 24.7 Å². The molecule has 0 amide bonds. The van der Waals surface area contributed by atoms with Gasteiger partial charge in [-0.25, -0.2) is 19.6 Å². The van der Waals surface area contributed by atoms with Gasteiger partial charge in [-0.05, 0) is 44.5 Å². The van der Waals surface area contributed by atoms with Gasteiger partial charge in [0.2, 0.25) is 0 Å². The Balaban J connectivity index is 1.79. The number of rotatable bonds is 6. The molecule has 0 saturated carbocycles. The van der Waals surface area contributed by atoms with Crippen LogP contribution < -0.4 is 4.74 Å². The summed E-state index contributed by atoms with van der Waals surface area (Å²) >= 11 is 0. The summed E-state index contributed by atoms with van der Waals surface area (Å²) in [6.07, 6.45) is 8.90. The second-order valence-corrected chi connectivity index (χ2v) is 6.06. The van der Waals surface area contributed by atoms with Crippen molar-refractivity contribution in [3.63, 3.8) is 0 Å². The van der Waals surface area contributed by atoms with Crippen LogP contribution >= 0.6 is 0 Å². The smallest absolute Gasteiger partial charge is 0.190 e. The minimum Gasteiger partial charge on any atom is -0.491 e. The number of ketones is 1. The molecular formula is C19H19N5O2. The van der Waals surface area contributed by atoms with Gasteiger partial charge in [0.1, 0.15) is 18.4 Å². The van der Waals surface area contributed by atoms with Gasteiger partial charge in [0, 0.05) is 30.2 Å². The van der Waals surface area contributed by atoms with Crippen molar-refractivity contribution < 1.29 is 9.53 Å². The molecule has 3 aromatic rings. The molecule has 2 heterocycles. The molecule has 132 valence electrons. The van der Waals surface area contributed by atoms with E-state index in [0.29, 0.717) is 11.4 Å². The number of hydrogen-bond donors (Lipinski definition) is 0. The molecule has 0 aliphatic carbocycles. The molecule has 0 atom stereocenters. The van der Waals surface area contributed by atoms with E-state index in [1.165, 1.54) is 29.5 Å². The highest BCUT2D eigenvalue weighted by molar-refractivity contribution is 6.05. The van der Waals surface area contributed by atoms with E-state index in [1.54, 1.807) is 12.5 Å². The first-order chi connectivity index (χ1) is 12.5. The number of hydrogen-bond acceptors (Lipinski definition) is 6. The van der Waals surface area contributed by atoms with Crippen LogP contribution in [0.1, 0.15) is 29.8 Å². The third-order valence-corrected chi connectivity index (χ3v) is 3.41. The number of ether oxygens (including phenoxy) is 1. The highest BCUT2D eigenvalue weighted by Gasteiger charge is 2.08. The first kappa shape index (κ1) is 17.5. The molecule has 26 heavy (non-hydrogen) atoms. The largest absolute Gasteiger partial charge is 0.491 e. The maximum atomic E-state index is 12.0. The van der Waals surface area contributed by atoms with Crippen LogP contribution in [0.2, 0.25) is 0 Å². The molecule has 0 spiro atoms. The Morgan fingerprint density at radius 1 is 1.19 bits per heavy atom. The number of carbonyl (C=O) groups excluding carboxylic acids is 1. The standard InChI is InChI=1S/C19H19N5O2/c1-13(2)26-17-7-14(3)6-15(8-17)19-22-12-24(23-19)5-4-18(25)16-9-20-11-21-10-16/h4-13H,1-3H3/b5-4-. The third kappa shape index (κ3) is 4.38. The van der Waals surface area contributed by atoms with Crippen molar-refractivity contribution in [3.8, 4) is 17.1 Å². The molecule has 0 fully saturated rings. The topological polar surface area (TPSA) is 82.8 Å². The van der Waals surface area contributed by atoms with Gasteiger partial charge in [-0.15, -0.1) is 5.10 Å². The van der Waals surface area contributed by atoms with Crippen LogP contribution in [0.25, 0.3) is 17.6 Å². The summed E-state index contributed by atoms with van der Waals surface area (Å²) in [7, 11) is 0. The highest BCUT2D eigenvalue weighted by atomic mass is 16.5. The predicted molar refractivity (Wildman–Crippen MR) is 97.7 cm³/mol. The van der Waals surface area contributed by atoms with Crippen molar-refractivity contribution in [2.75, 3.05) is 0 Å². The Morgan fingerprint density at radius 3 is 2.69 bits per heavy atom. The zero-order valence-electron chi connectivity index (χ0n) is 14.8. The van der Waals surface area contributed by atoms with E-state index in [1.807, 2.05) is 39.0 Å². The minimum absolute atomic E-state index is 0.0890. The number of benzene rings is 1. The molecule has 2 aromatic heterocycles. The summed E-state index contributed by atoms with van der Waals surface area (Å²) in [6.45, 7) is 5.96. The van der Waals surface area contributed by atoms with E-state index >= 15 is 0 Å². The van der Waals surface area contributed by atoms with Gasteiger partial charge < -0.3 is 4.74 Å². The zero-order valence-corrected chi connectivity index (χ0v) is 14.8. The van der Waals surface area contributed by atoms with Crippen molar-refractivity contribution in [2.45, 2.75) is 26.9 Å². The molecule has 7 nitrogen and oxygen atoms in total. The van der Waals surface area contributed by atoms with Crippen LogP contribution in [0.3, 0.4) is 0 Å². The van der Waals surface area contributed by atoms with Crippen molar-refractivity contribution in [2.24, 2.45) is 0 Å². The van der Waals surface area contributed by atoms with E-state index in [9.17, 15) is 4.79 Å². The Labute approximate surface area is 151 Å². The zero-order chi connectivity index (χ0) is 18.5. The molecule has 3 rings (SSSR count). The molecule has 1 aromatic carbocycles. The monoisotopic (exact) mass is 349 g/mol. The summed E-state index contributed by atoms with van der Waals surface area (Å²) in [5, 5.41) is 4.39. The maximum absolute atomic E-state index is 12.0. The summed E-state index contributed by atoms with van der Waals surface area (Å²) in [4.78, 5) is 24.0. The molecule has 0 aliphatic heterocycles. The van der Waals surface area contributed by atoms with E-state index in [-0.39, 0.29) is 11.9 Å². The van der Waals surface area contributed by atoms with Gasteiger partial charge in [-0.2, -0.15) is 0 Å². The lowest BCUT2D eigenvalue weighted by Crippen LogP contribution is -2.05. The number of nitrogens with zero attached hydrogens (tertiary/aromatic N) is 5. The summed E-state index contributed by atoms with van der Waals surface area (Å²) in [5.74, 6) is 1.13. The highest BCUT2D eigenvalue weighted by Crippen LogP contribution is 2.24. The molecule has 0 bridgehead atoms. The van der Waals surface area contributed by atoms with Crippen LogP contribution in [0.4, 0.5) is 0 Å². The Bertz CT molecular complexity index is 932. The van der Waals surface area contributed by atoms with E-state index in [4.69, 9.17) is 4.74 Å². The van der Waals surface area contributed by atoms with Gasteiger partial charge in [0.15, 0.2) is 11.6 Å². The Kier molecular flexibility index (Phi) is 5.17. The molecule has 0 saturated heterocycles. The van der Waals surface area contributed by atoms with E-state index in [0.717, 1.165) is 16.9 Å². The normalized spacial score (nSPS) is 11.2. The third-order valence-electron chi connectivity index (χ3n) is 3.41. The van der Waals surface area contributed by atoms with Crippen LogP contribution in [0, 0.1) is 6.92 Å². The lowest BCUT2D eigenvalue weighted by atomic mass is 10.1. The number of aromatic nitrogens is 5. The van der Waals surface area contributed by atoms with E-state index < -0.39 is 0 Å². The number of carbonyl (C=O) groups is 1. The summed E-state index contributed by atoms with van der Waals surface area (Å²) in [5.41, 5.74) is 2.33. The number of allylic oxidation sites excluding steroid dienone is 1. The van der Waals surface area contributed by atoms with Gasteiger partial charge in [-0.3, -0.25) is 4.79 Å². The lowest BCUT2D eigenvalue weighted by molar-refractivity contribution is 0.104. The fourth-order valence-electron chi connectivity index (χ4n) is 2.36. The molecule has 0 N–H and O–H groups in total. The van der Waals surface area contributed by atoms with Gasteiger partial charge in [0.25, 0.3) is 0 Å². The quantitative estimate of drug-likeness (QED) is 0.502. The second kappa shape index (κ2) is 7.69. The molecule has 0 unspecified atom stereocenters. The summed E-state index contributed by atoms with van der Waals surface area (Å²) in [6, 6.07) is 5.87. The Hall–Kier alpha value is -3.35. The van der Waals surface area contributed by atoms with Crippen LogP contribution in [0.5, 0.6) is 5.75 Å². The van der Waals surface area contributed by atoms with Gasteiger partial charge in [0.05, 0.1) is 11.7 Å². The predicted octanol–water partition coefficient (Wildman–Crippen LogP) is 3.18.